The van der Waals surface area contributed by atoms with Crippen LogP contribution in [-0.4, -0.2) is 50.5 Å². The van der Waals surface area contributed by atoms with E-state index in [2.05, 4.69) is 5.16 Å². The molecule has 5 rings (SSSR count). The Morgan fingerprint density at radius 3 is 2.20 bits per heavy atom. The third-order valence-corrected chi connectivity index (χ3v) is 6.27. The van der Waals surface area contributed by atoms with Gasteiger partial charge in [0, 0.05) is 11.1 Å². The summed E-state index contributed by atoms with van der Waals surface area (Å²) in [6.45, 7) is 0.510. The Balaban J connectivity index is 1.65. The molecule has 0 saturated heterocycles. The number of aromatic nitrogens is 3. The summed E-state index contributed by atoms with van der Waals surface area (Å²) in [6, 6.07) is 9.65. The number of hydrogen-bond donors (Lipinski definition) is 0. The lowest BCUT2D eigenvalue weighted by Gasteiger charge is -2.16. The Kier molecular flexibility index (Phi) is 5.98. The quantitative estimate of drug-likeness (QED) is 0.369. The summed E-state index contributed by atoms with van der Waals surface area (Å²) in [6.07, 6.45) is 3.43. The summed E-state index contributed by atoms with van der Waals surface area (Å²) < 4.78 is 35.2. The molecule has 2 aromatic heterocycles. The van der Waals surface area contributed by atoms with Gasteiger partial charge in [-0.05, 0) is 48.7 Å². The lowest BCUT2D eigenvalue weighted by atomic mass is 9.92. The number of methoxy groups -OCH3 is 5. The summed E-state index contributed by atoms with van der Waals surface area (Å²) in [5.41, 5.74) is 5.76. The largest absolute Gasteiger partial charge is 0.493 e. The van der Waals surface area contributed by atoms with E-state index in [4.69, 9.17) is 33.3 Å². The van der Waals surface area contributed by atoms with Gasteiger partial charge in [-0.15, -0.1) is 0 Å². The third-order valence-electron chi connectivity index (χ3n) is 6.27. The van der Waals surface area contributed by atoms with Crippen LogP contribution in [0, 0.1) is 0 Å². The molecule has 0 bridgehead atoms. The van der Waals surface area contributed by atoms with Gasteiger partial charge in [0.05, 0.1) is 59.5 Å². The van der Waals surface area contributed by atoms with Crippen LogP contribution in [0.25, 0.3) is 22.6 Å². The molecule has 0 spiro atoms. The average Bonchev–Trinajstić information content (AvgIpc) is 3.52. The molecular formula is C26H27N3O6. The van der Waals surface area contributed by atoms with Gasteiger partial charge in [0.15, 0.2) is 28.8 Å². The lowest BCUT2D eigenvalue weighted by molar-refractivity contribution is 0.323. The highest BCUT2D eigenvalue weighted by molar-refractivity contribution is 5.83. The zero-order valence-electron chi connectivity index (χ0n) is 20.4. The number of nitrogens with zero attached hydrogens (tertiary/aromatic N) is 3. The van der Waals surface area contributed by atoms with Crippen LogP contribution in [0.2, 0.25) is 0 Å². The topological polar surface area (TPSA) is 90.0 Å². The van der Waals surface area contributed by atoms with E-state index in [9.17, 15) is 0 Å². The number of aryl methyl sites for hydroxylation is 1. The van der Waals surface area contributed by atoms with Crippen molar-refractivity contribution in [3.05, 3.63) is 53.3 Å². The third kappa shape index (κ3) is 3.82. The molecule has 0 unspecified atom stereocenters. The van der Waals surface area contributed by atoms with E-state index in [0.29, 0.717) is 35.3 Å². The van der Waals surface area contributed by atoms with Crippen molar-refractivity contribution in [1.29, 1.82) is 0 Å². The Labute approximate surface area is 203 Å². The molecule has 35 heavy (non-hydrogen) atoms. The monoisotopic (exact) mass is 477 g/mol. The molecule has 1 aliphatic rings. The summed E-state index contributed by atoms with van der Waals surface area (Å²) in [4.78, 5) is 0. The highest BCUT2D eigenvalue weighted by Gasteiger charge is 2.30. The maximum absolute atomic E-state index is 5.70. The Hall–Kier alpha value is -4.14. The summed E-state index contributed by atoms with van der Waals surface area (Å²) >= 11 is 0. The summed E-state index contributed by atoms with van der Waals surface area (Å²) in [7, 11) is 8.05. The van der Waals surface area contributed by atoms with Gasteiger partial charge in [-0.25, -0.2) is 0 Å². The van der Waals surface area contributed by atoms with Crippen molar-refractivity contribution >= 4 is 0 Å². The van der Waals surface area contributed by atoms with Crippen molar-refractivity contribution in [3.63, 3.8) is 0 Å². The van der Waals surface area contributed by atoms with E-state index in [1.165, 1.54) is 0 Å². The minimum atomic E-state index is 0.510. The summed E-state index contributed by atoms with van der Waals surface area (Å²) in [5.74, 6) is 3.79. The first-order valence-corrected chi connectivity index (χ1v) is 11.2. The van der Waals surface area contributed by atoms with Gasteiger partial charge in [-0.2, -0.15) is 5.10 Å². The first kappa shape index (κ1) is 22.6. The maximum atomic E-state index is 5.70. The van der Waals surface area contributed by atoms with Crippen LogP contribution in [0.5, 0.6) is 28.7 Å². The van der Waals surface area contributed by atoms with Crippen molar-refractivity contribution in [2.75, 3.05) is 35.5 Å². The Bertz CT molecular complexity index is 1350. The molecule has 2 heterocycles. The Morgan fingerprint density at radius 1 is 0.829 bits per heavy atom. The van der Waals surface area contributed by atoms with Crippen LogP contribution < -0.4 is 23.7 Å². The normalized spacial score (nSPS) is 12.0. The fraction of sp³-hybridized carbons (Fsp3) is 0.308. The fourth-order valence-corrected chi connectivity index (χ4v) is 4.60. The van der Waals surface area contributed by atoms with Gasteiger partial charge in [0.1, 0.15) is 5.69 Å². The minimum absolute atomic E-state index is 0.510. The molecule has 9 nitrogen and oxygen atoms in total. The van der Waals surface area contributed by atoms with E-state index in [0.717, 1.165) is 52.2 Å². The van der Waals surface area contributed by atoms with Crippen molar-refractivity contribution in [2.45, 2.75) is 19.4 Å². The van der Waals surface area contributed by atoms with Crippen LogP contribution >= 0.6 is 0 Å². The Morgan fingerprint density at radius 2 is 1.54 bits per heavy atom. The van der Waals surface area contributed by atoms with E-state index in [-0.39, 0.29) is 0 Å². The van der Waals surface area contributed by atoms with E-state index < -0.39 is 0 Å². The van der Waals surface area contributed by atoms with Gasteiger partial charge < -0.3 is 28.2 Å². The molecule has 182 valence electrons. The maximum Gasteiger partial charge on any atom is 0.203 e. The molecule has 0 radical (unpaired) electrons. The van der Waals surface area contributed by atoms with Gasteiger partial charge in [-0.3, -0.25) is 4.68 Å². The molecule has 9 heteroatoms. The lowest BCUT2D eigenvalue weighted by Crippen LogP contribution is -2.10. The fourth-order valence-electron chi connectivity index (χ4n) is 4.60. The van der Waals surface area contributed by atoms with E-state index in [1.54, 1.807) is 41.7 Å². The van der Waals surface area contributed by atoms with Gasteiger partial charge in [0.2, 0.25) is 5.75 Å². The predicted octanol–water partition coefficient (Wildman–Crippen LogP) is 4.40. The second-order valence-corrected chi connectivity index (χ2v) is 8.11. The standard InChI is InChI=1S/C26H27N3O6/c1-30-19-9-7-16(12-20(19)31-2)24-23-18(8-6-17-13-27-35-25(17)23)29(28-24)14-15-10-21(32-3)26(34-5)22(11-15)33-4/h7,9-13H,6,8,14H2,1-5H3. The first-order valence-electron chi connectivity index (χ1n) is 11.2. The molecule has 2 aromatic carbocycles. The van der Waals surface area contributed by atoms with Gasteiger partial charge >= 0.3 is 0 Å². The molecular weight excluding hydrogens is 450 g/mol. The van der Waals surface area contributed by atoms with Gasteiger partial charge in [-0.1, -0.05) is 5.16 Å². The minimum Gasteiger partial charge on any atom is -0.493 e. The van der Waals surface area contributed by atoms with Gasteiger partial charge in [0.25, 0.3) is 0 Å². The zero-order chi connectivity index (χ0) is 24.5. The van der Waals surface area contributed by atoms with Crippen LogP contribution in [0.4, 0.5) is 0 Å². The number of hydrogen-bond acceptors (Lipinski definition) is 8. The molecule has 0 atom stereocenters. The van der Waals surface area contributed by atoms with Crippen LogP contribution in [0.1, 0.15) is 16.8 Å². The molecule has 0 aliphatic heterocycles. The molecule has 0 amide bonds. The van der Waals surface area contributed by atoms with Crippen LogP contribution in [-0.2, 0) is 19.4 Å². The second-order valence-electron chi connectivity index (χ2n) is 8.11. The number of rotatable bonds is 8. The summed E-state index contributed by atoms with van der Waals surface area (Å²) in [5, 5.41) is 9.09. The number of ether oxygens (including phenoxy) is 5. The SMILES string of the molecule is COc1ccc(-c2nn(Cc3cc(OC)c(OC)c(OC)c3)c3c2-c2oncc2CC3)cc1OC. The van der Waals surface area contributed by atoms with Crippen molar-refractivity contribution < 1.29 is 28.2 Å². The molecule has 0 fully saturated rings. The van der Waals surface area contributed by atoms with Crippen LogP contribution in [0.3, 0.4) is 0 Å². The molecule has 4 aromatic rings. The van der Waals surface area contributed by atoms with Crippen molar-refractivity contribution in [2.24, 2.45) is 0 Å². The predicted molar refractivity (Wildman–Crippen MR) is 129 cm³/mol. The van der Waals surface area contributed by atoms with E-state index >= 15 is 0 Å². The molecule has 1 aliphatic carbocycles. The number of fused-ring (bicyclic) bond motifs is 3. The second kappa shape index (κ2) is 9.25. The highest BCUT2D eigenvalue weighted by atomic mass is 16.5. The van der Waals surface area contributed by atoms with Crippen LogP contribution in [0.15, 0.2) is 41.1 Å². The van der Waals surface area contributed by atoms with Crippen molar-refractivity contribution in [1.82, 2.24) is 14.9 Å². The smallest absolute Gasteiger partial charge is 0.203 e. The van der Waals surface area contributed by atoms with E-state index in [1.807, 2.05) is 35.0 Å². The zero-order valence-corrected chi connectivity index (χ0v) is 20.4. The highest BCUT2D eigenvalue weighted by Crippen LogP contribution is 2.43. The number of benzene rings is 2. The van der Waals surface area contributed by atoms with Crippen molar-refractivity contribution in [3.8, 4) is 51.3 Å². The molecule has 0 N–H and O–H groups in total. The molecule has 0 saturated carbocycles. The first-order chi connectivity index (χ1) is 17.1. The average molecular weight is 478 g/mol.